The highest BCUT2D eigenvalue weighted by Gasteiger charge is 2.15. The molecule has 110 valence electrons. The van der Waals surface area contributed by atoms with E-state index in [1.165, 1.54) is 0 Å². The van der Waals surface area contributed by atoms with Crippen LogP contribution in [0.25, 0.3) is 10.9 Å². The van der Waals surface area contributed by atoms with E-state index in [2.05, 4.69) is 17.2 Å². The fourth-order valence-corrected chi connectivity index (χ4v) is 2.15. The zero-order chi connectivity index (χ0) is 13.7. The van der Waals surface area contributed by atoms with Crippen LogP contribution in [0.1, 0.15) is 25.3 Å². The predicted octanol–water partition coefficient (Wildman–Crippen LogP) is 2.38. The molecule has 0 saturated carbocycles. The van der Waals surface area contributed by atoms with Crippen molar-refractivity contribution in [2.24, 2.45) is 5.73 Å². The molecule has 1 atom stereocenters. The molecule has 0 fully saturated rings. The lowest BCUT2D eigenvalue weighted by molar-refractivity contribution is -0.122. The quantitative estimate of drug-likeness (QED) is 0.716. The summed E-state index contributed by atoms with van der Waals surface area (Å²) in [5.41, 5.74) is 8.13. The molecule has 0 bridgehead atoms. The SMILES string of the molecule is CCCCNC(=O)C(N)Cc1c[nH]c2ccccc12.Cl. The van der Waals surface area contributed by atoms with E-state index < -0.39 is 6.04 Å². The average molecular weight is 296 g/mol. The third-order valence-corrected chi connectivity index (χ3v) is 3.28. The number of unbranched alkanes of at least 4 members (excludes halogenated alkanes) is 1. The Bertz CT molecular complexity index is 553. The summed E-state index contributed by atoms with van der Waals surface area (Å²) < 4.78 is 0. The van der Waals surface area contributed by atoms with E-state index in [1.807, 2.05) is 30.5 Å². The van der Waals surface area contributed by atoms with Crippen LogP contribution in [0.5, 0.6) is 0 Å². The van der Waals surface area contributed by atoms with Crippen molar-refractivity contribution >= 4 is 29.2 Å². The summed E-state index contributed by atoms with van der Waals surface area (Å²) in [6.45, 7) is 2.80. The highest BCUT2D eigenvalue weighted by atomic mass is 35.5. The number of para-hydroxylation sites is 1. The van der Waals surface area contributed by atoms with Gasteiger partial charge in [0.1, 0.15) is 0 Å². The molecule has 0 aliphatic heterocycles. The lowest BCUT2D eigenvalue weighted by atomic mass is 10.1. The Labute approximate surface area is 125 Å². The molecule has 2 aromatic rings. The molecule has 1 aromatic heterocycles. The number of aromatic amines is 1. The molecule has 0 aliphatic rings. The number of fused-ring (bicyclic) bond motifs is 1. The van der Waals surface area contributed by atoms with Gasteiger partial charge in [-0.1, -0.05) is 31.5 Å². The van der Waals surface area contributed by atoms with Crippen molar-refractivity contribution in [1.82, 2.24) is 10.3 Å². The Morgan fingerprint density at radius 3 is 2.90 bits per heavy atom. The van der Waals surface area contributed by atoms with Gasteiger partial charge in [-0.3, -0.25) is 4.79 Å². The number of hydrogen-bond acceptors (Lipinski definition) is 2. The van der Waals surface area contributed by atoms with Crippen LogP contribution in [0.3, 0.4) is 0 Å². The number of aromatic nitrogens is 1. The number of carbonyl (C=O) groups is 1. The van der Waals surface area contributed by atoms with Crippen molar-refractivity contribution in [1.29, 1.82) is 0 Å². The fraction of sp³-hybridized carbons (Fsp3) is 0.400. The second-order valence-electron chi connectivity index (χ2n) is 4.81. The number of benzene rings is 1. The molecule has 0 aliphatic carbocycles. The van der Waals surface area contributed by atoms with E-state index in [9.17, 15) is 4.79 Å². The molecule has 1 heterocycles. The van der Waals surface area contributed by atoms with Gasteiger partial charge in [-0.25, -0.2) is 0 Å². The zero-order valence-electron chi connectivity index (χ0n) is 11.7. The molecule has 1 unspecified atom stereocenters. The summed E-state index contributed by atoms with van der Waals surface area (Å²) in [6.07, 6.45) is 4.55. The lowest BCUT2D eigenvalue weighted by Crippen LogP contribution is -2.42. The summed E-state index contributed by atoms with van der Waals surface area (Å²) in [5, 5.41) is 4.01. The number of nitrogens with two attached hydrogens (primary N) is 1. The normalized spacial score (nSPS) is 11.9. The van der Waals surface area contributed by atoms with Gasteiger partial charge in [0.2, 0.25) is 5.91 Å². The summed E-state index contributed by atoms with van der Waals surface area (Å²) >= 11 is 0. The molecular formula is C15H22ClN3O. The summed E-state index contributed by atoms with van der Waals surface area (Å²) in [5.74, 6) is -0.0706. The van der Waals surface area contributed by atoms with E-state index in [1.54, 1.807) is 0 Å². The van der Waals surface area contributed by atoms with Gasteiger partial charge in [0.15, 0.2) is 0 Å². The Morgan fingerprint density at radius 2 is 2.15 bits per heavy atom. The van der Waals surface area contributed by atoms with Crippen LogP contribution in [0, 0.1) is 0 Å². The van der Waals surface area contributed by atoms with Gasteiger partial charge in [-0.05, 0) is 24.5 Å². The molecule has 5 heteroatoms. The molecule has 20 heavy (non-hydrogen) atoms. The van der Waals surface area contributed by atoms with Crippen LogP contribution in [0.15, 0.2) is 30.5 Å². The van der Waals surface area contributed by atoms with Crippen molar-refractivity contribution in [2.45, 2.75) is 32.2 Å². The molecule has 1 aromatic carbocycles. The minimum absolute atomic E-state index is 0. The van der Waals surface area contributed by atoms with Crippen LogP contribution < -0.4 is 11.1 Å². The van der Waals surface area contributed by atoms with Crippen LogP contribution >= 0.6 is 12.4 Å². The van der Waals surface area contributed by atoms with E-state index in [4.69, 9.17) is 5.73 Å². The van der Waals surface area contributed by atoms with Gasteiger partial charge < -0.3 is 16.0 Å². The number of H-pyrrole nitrogens is 1. The van der Waals surface area contributed by atoms with Crippen molar-refractivity contribution in [3.63, 3.8) is 0 Å². The van der Waals surface area contributed by atoms with Crippen LogP contribution in [0.2, 0.25) is 0 Å². The van der Waals surface area contributed by atoms with E-state index in [0.717, 1.165) is 29.3 Å². The van der Waals surface area contributed by atoms with E-state index in [0.29, 0.717) is 13.0 Å². The average Bonchev–Trinajstić information content (AvgIpc) is 2.82. The zero-order valence-corrected chi connectivity index (χ0v) is 12.5. The maximum atomic E-state index is 11.8. The molecule has 0 saturated heterocycles. The number of nitrogens with one attached hydrogen (secondary N) is 2. The van der Waals surface area contributed by atoms with Gasteiger partial charge in [0.25, 0.3) is 0 Å². The van der Waals surface area contributed by atoms with E-state index in [-0.39, 0.29) is 18.3 Å². The molecule has 1 amide bonds. The Morgan fingerprint density at radius 1 is 1.40 bits per heavy atom. The van der Waals surface area contributed by atoms with Crippen molar-refractivity contribution in [3.05, 3.63) is 36.0 Å². The standard InChI is InChI=1S/C15H21N3O.ClH/c1-2-3-8-17-15(19)13(16)9-11-10-18-14-7-5-4-6-12(11)14;/h4-7,10,13,18H,2-3,8-9,16H2,1H3,(H,17,19);1H. The highest BCUT2D eigenvalue weighted by Crippen LogP contribution is 2.18. The number of halogens is 1. The molecule has 4 N–H and O–H groups in total. The molecule has 0 radical (unpaired) electrons. The first-order valence-electron chi connectivity index (χ1n) is 6.80. The van der Waals surface area contributed by atoms with E-state index >= 15 is 0 Å². The number of amides is 1. The van der Waals surface area contributed by atoms with Crippen molar-refractivity contribution in [3.8, 4) is 0 Å². The predicted molar refractivity (Wildman–Crippen MR) is 85.1 cm³/mol. The molecule has 0 spiro atoms. The van der Waals surface area contributed by atoms with Crippen LogP contribution in [-0.2, 0) is 11.2 Å². The van der Waals surface area contributed by atoms with Crippen molar-refractivity contribution in [2.75, 3.05) is 6.54 Å². The van der Waals surface area contributed by atoms with Gasteiger partial charge in [0, 0.05) is 23.6 Å². The Kier molecular flexibility index (Phi) is 6.55. The number of carbonyl (C=O) groups excluding carboxylic acids is 1. The number of rotatable bonds is 6. The number of hydrogen-bond donors (Lipinski definition) is 3. The monoisotopic (exact) mass is 295 g/mol. The first-order chi connectivity index (χ1) is 9.22. The first kappa shape index (κ1) is 16.5. The largest absolute Gasteiger partial charge is 0.361 e. The summed E-state index contributed by atoms with van der Waals surface area (Å²) in [6, 6.07) is 7.55. The summed E-state index contributed by atoms with van der Waals surface area (Å²) in [4.78, 5) is 15.0. The van der Waals surface area contributed by atoms with Gasteiger partial charge in [-0.15, -0.1) is 12.4 Å². The van der Waals surface area contributed by atoms with Crippen LogP contribution in [0.4, 0.5) is 0 Å². The van der Waals surface area contributed by atoms with Crippen molar-refractivity contribution < 1.29 is 4.79 Å². The summed E-state index contributed by atoms with van der Waals surface area (Å²) in [7, 11) is 0. The van der Waals surface area contributed by atoms with Gasteiger partial charge in [0.05, 0.1) is 6.04 Å². The fourth-order valence-electron chi connectivity index (χ4n) is 2.15. The minimum Gasteiger partial charge on any atom is -0.361 e. The second-order valence-corrected chi connectivity index (χ2v) is 4.81. The van der Waals surface area contributed by atoms with Gasteiger partial charge >= 0.3 is 0 Å². The topological polar surface area (TPSA) is 70.9 Å². The Balaban J connectivity index is 0.00000200. The molecule has 2 rings (SSSR count). The third-order valence-electron chi connectivity index (χ3n) is 3.28. The third kappa shape index (κ3) is 3.99. The second kappa shape index (κ2) is 7.92. The molecular weight excluding hydrogens is 274 g/mol. The minimum atomic E-state index is -0.490. The molecule has 4 nitrogen and oxygen atoms in total. The van der Waals surface area contributed by atoms with Crippen LogP contribution in [-0.4, -0.2) is 23.5 Å². The highest BCUT2D eigenvalue weighted by molar-refractivity contribution is 5.86. The Hall–Kier alpha value is -1.52. The maximum absolute atomic E-state index is 11.8. The first-order valence-corrected chi connectivity index (χ1v) is 6.80. The van der Waals surface area contributed by atoms with Gasteiger partial charge in [-0.2, -0.15) is 0 Å². The maximum Gasteiger partial charge on any atom is 0.237 e. The lowest BCUT2D eigenvalue weighted by Gasteiger charge is -2.11. The smallest absolute Gasteiger partial charge is 0.237 e.